The zero-order chi connectivity index (χ0) is 13.7. The van der Waals surface area contributed by atoms with Crippen LogP contribution in [0.4, 0.5) is 0 Å². The molecule has 0 unspecified atom stereocenters. The smallest absolute Gasteiger partial charge is 0.137 e. The van der Waals surface area contributed by atoms with Gasteiger partial charge in [0, 0.05) is 0 Å². The normalized spacial score (nSPS) is 17.4. The third kappa shape index (κ3) is 4.54. The lowest BCUT2D eigenvalue weighted by Gasteiger charge is -2.23. The molecule has 0 bridgehead atoms. The molecule has 2 nitrogen and oxygen atoms in total. The van der Waals surface area contributed by atoms with Crippen molar-refractivity contribution >= 4 is 0 Å². The first-order valence-electron chi connectivity index (χ1n) is 7.62. The summed E-state index contributed by atoms with van der Waals surface area (Å²) < 4.78 is 5.86. The van der Waals surface area contributed by atoms with Gasteiger partial charge in [0.2, 0.25) is 0 Å². The third-order valence-electron chi connectivity index (χ3n) is 4.01. The quantitative estimate of drug-likeness (QED) is 0.880. The summed E-state index contributed by atoms with van der Waals surface area (Å²) in [6, 6.07) is 8.57. The fourth-order valence-electron chi connectivity index (χ4n) is 2.67. The zero-order valence-electron chi connectivity index (χ0n) is 12.7. The first-order chi connectivity index (χ1) is 9.05. The number of quaternary nitrogens is 1. The van der Waals surface area contributed by atoms with Crippen molar-refractivity contribution in [1.29, 1.82) is 0 Å². The maximum atomic E-state index is 5.86. The fraction of sp³-hybridized carbons (Fsp3) is 0.647. The number of hydrogen-bond acceptors (Lipinski definition) is 1. The molecule has 1 N–H and O–H groups in total. The van der Waals surface area contributed by atoms with E-state index in [1.165, 1.54) is 37.9 Å². The lowest BCUT2D eigenvalue weighted by molar-refractivity contribution is -0.904. The van der Waals surface area contributed by atoms with Crippen LogP contribution in [0.2, 0.25) is 0 Å². The van der Waals surface area contributed by atoms with Gasteiger partial charge in [-0.1, -0.05) is 32.9 Å². The summed E-state index contributed by atoms with van der Waals surface area (Å²) in [6.45, 7) is 11.3. The van der Waals surface area contributed by atoms with E-state index in [9.17, 15) is 0 Å². The maximum Gasteiger partial charge on any atom is 0.137 e. The molecule has 106 valence electrons. The number of benzene rings is 1. The first kappa shape index (κ1) is 14.4. The van der Waals surface area contributed by atoms with Gasteiger partial charge < -0.3 is 9.64 Å². The highest BCUT2D eigenvalue weighted by atomic mass is 16.5. The van der Waals surface area contributed by atoms with E-state index < -0.39 is 0 Å². The van der Waals surface area contributed by atoms with Crippen molar-refractivity contribution in [3.8, 4) is 5.75 Å². The Balaban J connectivity index is 1.76. The molecule has 1 saturated heterocycles. The van der Waals surface area contributed by atoms with Crippen LogP contribution in [0.15, 0.2) is 24.3 Å². The summed E-state index contributed by atoms with van der Waals surface area (Å²) in [7, 11) is 0. The number of piperidine rings is 1. The van der Waals surface area contributed by atoms with Crippen LogP contribution in [0.3, 0.4) is 0 Å². The highest BCUT2D eigenvalue weighted by Gasteiger charge is 2.14. The minimum absolute atomic E-state index is 0.219. The molecule has 2 heteroatoms. The van der Waals surface area contributed by atoms with E-state index in [0.717, 1.165) is 18.9 Å². The van der Waals surface area contributed by atoms with Gasteiger partial charge in [-0.25, -0.2) is 0 Å². The Kier molecular flexibility index (Phi) is 4.87. The fourth-order valence-corrected chi connectivity index (χ4v) is 2.67. The zero-order valence-corrected chi connectivity index (χ0v) is 12.7. The van der Waals surface area contributed by atoms with Crippen LogP contribution in [-0.2, 0) is 5.41 Å². The largest absolute Gasteiger partial charge is 0.488 e. The second-order valence-corrected chi connectivity index (χ2v) is 6.68. The summed E-state index contributed by atoms with van der Waals surface area (Å²) in [5.41, 5.74) is 1.58. The maximum absolute atomic E-state index is 5.86. The van der Waals surface area contributed by atoms with Crippen molar-refractivity contribution in [3.05, 3.63) is 29.8 Å². The molecule has 1 heterocycles. The van der Waals surface area contributed by atoms with Crippen LogP contribution >= 0.6 is 0 Å². The minimum atomic E-state index is 0.219. The molecule has 0 aliphatic carbocycles. The predicted molar refractivity (Wildman–Crippen MR) is 80.1 cm³/mol. The van der Waals surface area contributed by atoms with Gasteiger partial charge in [0.05, 0.1) is 13.1 Å². The minimum Gasteiger partial charge on any atom is -0.488 e. The predicted octanol–water partition coefficient (Wildman–Crippen LogP) is 2.43. The Bertz CT molecular complexity index is 371. The Morgan fingerprint density at radius 2 is 1.63 bits per heavy atom. The third-order valence-corrected chi connectivity index (χ3v) is 4.01. The van der Waals surface area contributed by atoms with Crippen molar-refractivity contribution in [1.82, 2.24) is 0 Å². The summed E-state index contributed by atoms with van der Waals surface area (Å²) in [5.74, 6) is 1.00. The molecule has 1 aromatic rings. The number of rotatable bonds is 4. The topological polar surface area (TPSA) is 13.7 Å². The van der Waals surface area contributed by atoms with Crippen LogP contribution < -0.4 is 9.64 Å². The Labute approximate surface area is 117 Å². The number of nitrogens with one attached hydrogen (secondary N) is 1. The van der Waals surface area contributed by atoms with Gasteiger partial charge in [0.25, 0.3) is 0 Å². The average molecular weight is 262 g/mol. The lowest BCUT2D eigenvalue weighted by Crippen LogP contribution is -3.13. The van der Waals surface area contributed by atoms with Crippen LogP contribution in [-0.4, -0.2) is 26.2 Å². The number of hydrogen-bond donors (Lipinski definition) is 1. The molecule has 0 atom stereocenters. The Hall–Kier alpha value is -1.02. The van der Waals surface area contributed by atoms with Crippen molar-refractivity contribution < 1.29 is 9.64 Å². The molecule has 0 saturated carbocycles. The molecular weight excluding hydrogens is 234 g/mol. The highest BCUT2D eigenvalue weighted by Crippen LogP contribution is 2.24. The van der Waals surface area contributed by atoms with E-state index in [-0.39, 0.29) is 5.41 Å². The molecule has 1 fully saturated rings. The van der Waals surface area contributed by atoms with Gasteiger partial charge in [-0.15, -0.1) is 0 Å². The lowest BCUT2D eigenvalue weighted by atomic mass is 9.87. The summed E-state index contributed by atoms with van der Waals surface area (Å²) in [4.78, 5) is 1.71. The van der Waals surface area contributed by atoms with Crippen LogP contribution in [0, 0.1) is 0 Å². The molecule has 1 aliphatic rings. The standard InChI is InChI=1S/C17H27NO/c1-17(2,3)15-7-9-16(10-8-15)19-14-13-18-11-5-4-6-12-18/h7-10H,4-6,11-14H2,1-3H3/p+1. The molecular formula is C17H28NO+. The number of ether oxygens (including phenoxy) is 1. The van der Waals surface area contributed by atoms with Crippen molar-refractivity contribution in [2.75, 3.05) is 26.2 Å². The van der Waals surface area contributed by atoms with E-state index in [1.807, 2.05) is 0 Å². The van der Waals surface area contributed by atoms with Crippen LogP contribution in [0.5, 0.6) is 5.75 Å². The molecule has 0 radical (unpaired) electrons. The van der Waals surface area contributed by atoms with Crippen LogP contribution in [0.1, 0.15) is 45.6 Å². The van der Waals surface area contributed by atoms with Gasteiger partial charge in [0.15, 0.2) is 0 Å². The monoisotopic (exact) mass is 262 g/mol. The van der Waals surface area contributed by atoms with Gasteiger partial charge in [-0.2, -0.15) is 0 Å². The average Bonchev–Trinajstić information content (AvgIpc) is 2.39. The van der Waals surface area contributed by atoms with Gasteiger partial charge >= 0.3 is 0 Å². The SMILES string of the molecule is CC(C)(C)c1ccc(OCC[NH+]2CCCCC2)cc1. The van der Waals surface area contributed by atoms with Crippen molar-refractivity contribution in [2.45, 2.75) is 45.4 Å². The van der Waals surface area contributed by atoms with Gasteiger partial charge in [0.1, 0.15) is 18.9 Å². The van der Waals surface area contributed by atoms with E-state index in [4.69, 9.17) is 4.74 Å². The molecule has 1 aromatic carbocycles. The first-order valence-corrected chi connectivity index (χ1v) is 7.62. The molecule has 0 amide bonds. The molecule has 19 heavy (non-hydrogen) atoms. The highest BCUT2D eigenvalue weighted by molar-refractivity contribution is 5.31. The second-order valence-electron chi connectivity index (χ2n) is 6.68. The summed E-state index contributed by atoms with van der Waals surface area (Å²) in [6.07, 6.45) is 4.18. The van der Waals surface area contributed by atoms with E-state index in [2.05, 4.69) is 45.0 Å². The van der Waals surface area contributed by atoms with Crippen molar-refractivity contribution in [3.63, 3.8) is 0 Å². The van der Waals surface area contributed by atoms with Crippen LogP contribution in [0.25, 0.3) is 0 Å². The van der Waals surface area contributed by atoms with E-state index in [0.29, 0.717) is 0 Å². The molecule has 2 rings (SSSR count). The molecule has 0 aromatic heterocycles. The van der Waals surface area contributed by atoms with E-state index in [1.54, 1.807) is 4.90 Å². The summed E-state index contributed by atoms with van der Waals surface area (Å²) in [5, 5.41) is 0. The molecule has 1 aliphatic heterocycles. The Morgan fingerprint density at radius 1 is 1.00 bits per heavy atom. The molecule has 0 spiro atoms. The van der Waals surface area contributed by atoms with Gasteiger partial charge in [-0.05, 0) is 42.4 Å². The number of likely N-dealkylation sites (tertiary alicyclic amines) is 1. The Morgan fingerprint density at radius 3 is 2.21 bits per heavy atom. The second kappa shape index (κ2) is 6.42. The van der Waals surface area contributed by atoms with E-state index >= 15 is 0 Å². The van der Waals surface area contributed by atoms with Gasteiger partial charge in [-0.3, -0.25) is 0 Å². The van der Waals surface area contributed by atoms with Crippen molar-refractivity contribution in [2.24, 2.45) is 0 Å². The summed E-state index contributed by atoms with van der Waals surface area (Å²) >= 11 is 0.